The van der Waals surface area contributed by atoms with E-state index < -0.39 is 30.2 Å². The molecule has 3 amide bonds. The van der Waals surface area contributed by atoms with Gasteiger partial charge in [-0.3, -0.25) is 14.4 Å². The number of nitrogens with one attached hydrogen (secondary N) is 3. The fraction of sp³-hybridized carbons (Fsp3) is 0.471. The molecule has 1 aliphatic heterocycles. The maximum atomic E-state index is 12.5. The fourth-order valence-electron chi connectivity index (χ4n) is 2.59. The van der Waals surface area contributed by atoms with Crippen LogP contribution < -0.4 is 16.0 Å². The molecule has 0 spiro atoms. The lowest BCUT2D eigenvalue weighted by Gasteiger charge is -2.24. The Morgan fingerprint density at radius 3 is 2.56 bits per heavy atom. The Balaban J connectivity index is 2.11. The van der Waals surface area contributed by atoms with Crippen LogP contribution in [0.5, 0.6) is 0 Å². The zero-order valence-corrected chi connectivity index (χ0v) is 13.8. The van der Waals surface area contributed by atoms with Gasteiger partial charge in [-0.25, -0.2) is 0 Å². The molecule has 0 aromatic heterocycles. The van der Waals surface area contributed by atoms with Crippen LogP contribution in [-0.4, -0.2) is 52.9 Å². The number of hydrogen-bond acceptors (Lipinski definition) is 5. The summed E-state index contributed by atoms with van der Waals surface area (Å²) in [6.45, 7) is 0.388. The van der Waals surface area contributed by atoms with Crippen LogP contribution in [0.2, 0.25) is 0 Å². The zero-order chi connectivity index (χ0) is 18.2. The van der Waals surface area contributed by atoms with Gasteiger partial charge in [0.25, 0.3) is 5.91 Å². The highest BCUT2D eigenvalue weighted by atomic mass is 16.5. The van der Waals surface area contributed by atoms with Gasteiger partial charge in [0, 0.05) is 18.5 Å². The number of benzene rings is 1. The smallest absolute Gasteiger partial charge is 0.251 e. The minimum Gasteiger partial charge on any atom is -0.366 e. The first-order valence-electron chi connectivity index (χ1n) is 8.26. The summed E-state index contributed by atoms with van der Waals surface area (Å²) in [5.74, 6) is -1.19. The average Bonchev–Trinajstić information content (AvgIpc) is 2.63. The van der Waals surface area contributed by atoms with E-state index in [1.165, 1.54) is 0 Å². The Labute approximate surface area is 145 Å². The molecule has 0 aliphatic carbocycles. The molecular formula is C17H23N3O5. The van der Waals surface area contributed by atoms with Gasteiger partial charge in [-0.1, -0.05) is 18.2 Å². The van der Waals surface area contributed by atoms with Gasteiger partial charge in [0.15, 0.2) is 6.29 Å². The van der Waals surface area contributed by atoms with Gasteiger partial charge in [0.2, 0.25) is 11.8 Å². The van der Waals surface area contributed by atoms with Crippen LogP contribution in [0.3, 0.4) is 0 Å². The van der Waals surface area contributed by atoms with Crippen molar-refractivity contribution >= 4 is 17.7 Å². The standard InChI is InChI=1S/C17H23N3O5/c21-14-9-8-12(19-15(22)11-5-2-1-3-6-11)16(23)20-13(17(24)25)7-4-10-18-14/h1-3,5-6,12-13,17,24-25H,4,7-10H2,(H,18,21)(H,19,22)(H,20,23)/t12-,13-/m0/s1. The van der Waals surface area contributed by atoms with Crippen molar-refractivity contribution in [1.29, 1.82) is 0 Å². The Kier molecular flexibility index (Phi) is 6.91. The summed E-state index contributed by atoms with van der Waals surface area (Å²) < 4.78 is 0. The maximum Gasteiger partial charge on any atom is 0.251 e. The monoisotopic (exact) mass is 349 g/mol. The number of rotatable bonds is 3. The summed E-state index contributed by atoms with van der Waals surface area (Å²) in [5, 5.41) is 26.7. The summed E-state index contributed by atoms with van der Waals surface area (Å²) >= 11 is 0. The summed E-state index contributed by atoms with van der Waals surface area (Å²) in [5.41, 5.74) is 0.396. The second-order valence-electron chi connectivity index (χ2n) is 5.95. The molecule has 0 bridgehead atoms. The van der Waals surface area contributed by atoms with E-state index in [4.69, 9.17) is 0 Å². The molecule has 2 rings (SSSR count). The van der Waals surface area contributed by atoms with Gasteiger partial charge in [0.1, 0.15) is 6.04 Å². The molecule has 1 fully saturated rings. The Hall–Kier alpha value is -2.45. The number of carbonyl (C=O) groups excluding carboxylic acids is 3. The second kappa shape index (κ2) is 9.14. The highest BCUT2D eigenvalue weighted by Gasteiger charge is 2.27. The highest BCUT2D eigenvalue weighted by Crippen LogP contribution is 2.07. The van der Waals surface area contributed by atoms with Crippen LogP contribution in [0.15, 0.2) is 30.3 Å². The van der Waals surface area contributed by atoms with Crippen LogP contribution in [0.4, 0.5) is 0 Å². The van der Waals surface area contributed by atoms with Crippen molar-refractivity contribution in [2.75, 3.05) is 6.54 Å². The fourth-order valence-corrected chi connectivity index (χ4v) is 2.59. The highest BCUT2D eigenvalue weighted by molar-refractivity contribution is 5.97. The van der Waals surface area contributed by atoms with E-state index in [1.807, 2.05) is 0 Å². The minimum atomic E-state index is -1.72. The van der Waals surface area contributed by atoms with Crippen molar-refractivity contribution < 1.29 is 24.6 Å². The predicted molar refractivity (Wildman–Crippen MR) is 89.3 cm³/mol. The van der Waals surface area contributed by atoms with E-state index in [0.717, 1.165) is 0 Å². The molecule has 1 saturated heterocycles. The molecule has 1 aromatic carbocycles. The average molecular weight is 349 g/mol. The minimum absolute atomic E-state index is 0.0828. The Bertz CT molecular complexity index is 606. The predicted octanol–water partition coefficient (Wildman–Crippen LogP) is -0.729. The first-order valence-corrected chi connectivity index (χ1v) is 8.26. The third-order valence-corrected chi connectivity index (χ3v) is 4.02. The summed E-state index contributed by atoms with van der Waals surface area (Å²) in [4.78, 5) is 36.5. The molecular weight excluding hydrogens is 326 g/mol. The van der Waals surface area contributed by atoms with Crippen LogP contribution in [-0.2, 0) is 9.59 Å². The molecule has 5 N–H and O–H groups in total. The van der Waals surface area contributed by atoms with Crippen LogP contribution in [0.1, 0.15) is 36.0 Å². The molecule has 0 saturated carbocycles. The topological polar surface area (TPSA) is 128 Å². The number of amides is 3. The molecule has 25 heavy (non-hydrogen) atoms. The lowest BCUT2D eigenvalue weighted by Crippen LogP contribution is -2.52. The molecule has 0 radical (unpaired) electrons. The number of hydrogen-bond donors (Lipinski definition) is 5. The molecule has 2 atom stereocenters. The van der Waals surface area contributed by atoms with E-state index >= 15 is 0 Å². The van der Waals surface area contributed by atoms with E-state index in [9.17, 15) is 24.6 Å². The van der Waals surface area contributed by atoms with Gasteiger partial charge in [0.05, 0.1) is 6.04 Å². The lowest BCUT2D eigenvalue weighted by atomic mass is 10.1. The van der Waals surface area contributed by atoms with E-state index in [2.05, 4.69) is 16.0 Å². The Morgan fingerprint density at radius 2 is 1.88 bits per heavy atom. The van der Waals surface area contributed by atoms with Gasteiger partial charge in [-0.15, -0.1) is 0 Å². The van der Waals surface area contributed by atoms with Crippen LogP contribution in [0.25, 0.3) is 0 Å². The van der Waals surface area contributed by atoms with E-state index in [-0.39, 0.29) is 18.7 Å². The van der Waals surface area contributed by atoms with Crippen LogP contribution >= 0.6 is 0 Å². The summed E-state index contributed by atoms with van der Waals surface area (Å²) in [6, 6.07) is 6.61. The second-order valence-corrected chi connectivity index (χ2v) is 5.95. The summed E-state index contributed by atoms with van der Waals surface area (Å²) in [7, 11) is 0. The molecule has 1 heterocycles. The number of aliphatic hydroxyl groups is 2. The van der Waals surface area contributed by atoms with Crippen molar-refractivity contribution in [3.05, 3.63) is 35.9 Å². The van der Waals surface area contributed by atoms with Gasteiger partial charge < -0.3 is 26.2 Å². The first kappa shape index (κ1) is 18.9. The first-order chi connectivity index (χ1) is 12.0. The van der Waals surface area contributed by atoms with Crippen molar-refractivity contribution in [2.45, 2.75) is 44.1 Å². The van der Waals surface area contributed by atoms with Crippen LogP contribution in [0, 0.1) is 0 Å². The molecule has 1 aromatic rings. The van der Waals surface area contributed by atoms with E-state index in [1.54, 1.807) is 30.3 Å². The van der Waals surface area contributed by atoms with Crippen molar-refractivity contribution in [2.24, 2.45) is 0 Å². The van der Waals surface area contributed by atoms with Gasteiger partial charge >= 0.3 is 0 Å². The Morgan fingerprint density at radius 1 is 1.16 bits per heavy atom. The van der Waals surface area contributed by atoms with Crippen molar-refractivity contribution in [3.63, 3.8) is 0 Å². The van der Waals surface area contributed by atoms with Gasteiger partial charge in [-0.05, 0) is 31.4 Å². The zero-order valence-electron chi connectivity index (χ0n) is 13.8. The number of aliphatic hydroxyl groups excluding tert-OH is 1. The summed E-state index contributed by atoms with van der Waals surface area (Å²) in [6.07, 6.45) is -0.728. The molecule has 1 aliphatic rings. The molecule has 8 nitrogen and oxygen atoms in total. The molecule has 136 valence electrons. The van der Waals surface area contributed by atoms with Crippen molar-refractivity contribution in [3.8, 4) is 0 Å². The van der Waals surface area contributed by atoms with Gasteiger partial charge in [-0.2, -0.15) is 0 Å². The number of carbonyl (C=O) groups is 3. The normalized spacial score (nSPS) is 22.5. The maximum absolute atomic E-state index is 12.5. The largest absolute Gasteiger partial charge is 0.366 e. The van der Waals surface area contributed by atoms with E-state index in [0.29, 0.717) is 24.9 Å². The van der Waals surface area contributed by atoms with Crippen molar-refractivity contribution in [1.82, 2.24) is 16.0 Å². The molecule has 8 heteroatoms. The SMILES string of the molecule is O=C1CC[C@H](NC(=O)c2ccccc2)C(=O)N[C@H](C(O)O)CCCN1. The molecule has 0 unspecified atom stereocenters. The third kappa shape index (κ3) is 5.84. The quantitative estimate of drug-likeness (QED) is 0.460. The lowest BCUT2D eigenvalue weighted by molar-refractivity contribution is -0.129. The third-order valence-electron chi connectivity index (χ3n) is 4.02.